The van der Waals surface area contributed by atoms with Gasteiger partial charge in [-0.25, -0.2) is 17.9 Å². The third-order valence-electron chi connectivity index (χ3n) is 2.49. The molecule has 0 saturated heterocycles. The fourth-order valence-corrected chi connectivity index (χ4v) is 2.77. The summed E-state index contributed by atoms with van der Waals surface area (Å²) in [6.45, 7) is 4.89. The number of sulfonamides is 1. The van der Waals surface area contributed by atoms with Gasteiger partial charge in [-0.2, -0.15) is 0 Å². The van der Waals surface area contributed by atoms with E-state index in [0.29, 0.717) is 0 Å². The Morgan fingerprint density at radius 1 is 1.50 bits per heavy atom. The number of ether oxygens (including phenoxy) is 1. The number of hydrogen-bond donors (Lipinski definition) is 2. The van der Waals surface area contributed by atoms with Crippen LogP contribution in [-0.4, -0.2) is 33.6 Å². The molecule has 0 spiro atoms. The second kappa shape index (κ2) is 6.57. The molecular weight excluding hydrogens is 308 g/mol. The highest BCUT2D eigenvalue weighted by atomic mass is 35.5. The lowest BCUT2D eigenvalue weighted by Gasteiger charge is -2.22. The first-order chi connectivity index (χ1) is 8.63. The number of aryl methyl sites for hydroxylation is 1. The smallest absolute Gasteiger partial charge is 0.341 e. The number of furan rings is 1. The molecule has 0 atom stereocenters. The van der Waals surface area contributed by atoms with Gasteiger partial charge in [0.05, 0.1) is 7.11 Å². The van der Waals surface area contributed by atoms with Gasteiger partial charge in [-0.1, -0.05) is 0 Å². The molecule has 3 N–H and O–H groups in total. The molecule has 0 saturated carbocycles. The van der Waals surface area contributed by atoms with E-state index < -0.39 is 21.5 Å². The Kier molecular flexibility index (Phi) is 6.22. The first kappa shape index (κ1) is 18.9. The van der Waals surface area contributed by atoms with Crippen molar-refractivity contribution in [1.29, 1.82) is 0 Å². The summed E-state index contributed by atoms with van der Waals surface area (Å²) in [6.07, 6.45) is 0. The van der Waals surface area contributed by atoms with Gasteiger partial charge in [-0.15, -0.1) is 12.4 Å². The molecule has 7 nitrogen and oxygen atoms in total. The molecule has 9 heteroatoms. The molecule has 0 aliphatic heterocycles. The number of carbonyl (C=O) groups is 1. The maximum atomic E-state index is 12.1. The highest BCUT2D eigenvalue weighted by molar-refractivity contribution is 7.89. The number of rotatable bonds is 5. The van der Waals surface area contributed by atoms with E-state index in [2.05, 4.69) is 9.46 Å². The monoisotopic (exact) mass is 326 g/mol. The van der Waals surface area contributed by atoms with E-state index in [1.165, 1.54) is 14.0 Å². The molecule has 0 fully saturated rings. The molecule has 1 heterocycles. The van der Waals surface area contributed by atoms with Gasteiger partial charge in [-0.05, 0) is 20.8 Å². The van der Waals surface area contributed by atoms with Crippen LogP contribution in [-0.2, 0) is 14.8 Å². The van der Waals surface area contributed by atoms with Gasteiger partial charge in [0.25, 0.3) is 10.0 Å². The Morgan fingerprint density at radius 3 is 2.50 bits per heavy atom. The maximum Gasteiger partial charge on any atom is 0.341 e. The van der Waals surface area contributed by atoms with Crippen molar-refractivity contribution < 1.29 is 22.4 Å². The number of nitrogens with two attached hydrogens (primary N) is 1. The van der Waals surface area contributed by atoms with Crippen molar-refractivity contribution >= 4 is 28.4 Å². The molecule has 0 aliphatic carbocycles. The van der Waals surface area contributed by atoms with Crippen molar-refractivity contribution in [3.05, 3.63) is 17.4 Å². The number of carbonyl (C=O) groups excluding carboxylic acids is 1. The standard InChI is InChI=1S/C11H18N2O5S.ClH/c1-7-8(10(14)17-4)5-9(18-7)19(15,16)13-11(2,3)6-12;/h5,13H,6,12H2,1-4H3;1H. The van der Waals surface area contributed by atoms with Gasteiger partial charge in [-0.3, -0.25) is 0 Å². The van der Waals surface area contributed by atoms with E-state index in [4.69, 9.17) is 10.2 Å². The van der Waals surface area contributed by atoms with Crippen LogP contribution in [0.25, 0.3) is 0 Å². The van der Waals surface area contributed by atoms with Crippen LogP contribution < -0.4 is 10.5 Å². The lowest BCUT2D eigenvalue weighted by molar-refractivity contribution is 0.0598. The summed E-state index contributed by atoms with van der Waals surface area (Å²) in [5.41, 5.74) is 4.73. The molecule has 0 aromatic carbocycles. The van der Waals surface area contributed by atoms with Crippen LogP contribution in [0.1, 0.15) is 30.0 Å². The Hall–Kier alpha value is -1.09. The highest BCUT2D eigenvalue weighted by Crippen LogP contribution is 2.21. The SMILES string of the molecule is COC(=O)c1cc(S(=O)(=O)NC(C)(C)CN)oc1C.Cl. The van der Waals surface area contributed by atoms with Crippen molar-refractivity contribution in [1.82, 2.24) is 4.72 Å². The Labute approximate surface area is 124 Å². The van der Waals surface area contributed by atoms with Crippen molar-refractivity contribution in [2.45, 2.75) is 31.4 Å². The summed E-state index contributed by atoms with van der Waals surface area (Å²) >= 11 is 0. The molecule has 0 unspecified atom stereocenters. The lowest BCUT2D eigenvalue weighted by atomic mass is 10.1. The second-order valence-corrected chi connectivity index (χ2v) is 6.33. The molecule has 116 valence electrons. The van der Waals surface area contributed by atoms with E-state index in [0.717, 1.165) is 6.07 Å². The average molecular weight is 327 g/mol. The zero-order valence-corrected chi connectivity index (χ0v) is 13.4. The van der Waals surface area contributed by atoms with Crippen LogP contribution >= 0.6 is 12.4 Å². The van der Waals surface area contributed by atoms with Crippen LogP contribution in [0.5, 0.6) is 0 Å². The highest BCUT2D eigenvalue weighted by Gasteiger charge is 2.29. The fraction of sp³-hybridized carbons (Fsp3) is 0.545. The van der Waals surface area contributed by atoms with Gasteiger partial charge >= 0.3 is 5.97 Å². The zero-order chi connectivity index (χ0) is 14.8. The van der Waals surface area contributed by atoms with Crippen molar-refractivity contribution in [2.24, 2.45) is 5.73 Å². The second-order valence-electron chi connectivity index (χ2n) is 4.72. The van der Waals surface area contributed by atoms with Crippen molar-refractivity contribution in [2.75, 3.05) is 13.7 Å². The van der Waals surface area contributed by atoms with Crippen LogP contribution in [0.15, 0.2) is 15.6 Å². The van der Waals surface area contributed by atoms with Crippen molar-refractivity contribution in [3.63, 3.8) is 0 Å². The third kappa shape index (κ3) is 4.20. The summed E-state index contributed by atoms with van der Waals surface area (Å²) < 4.78 is 36.2. The van der Waals surface area contributed by atoms with E-state index in [9.17, 15) is 13.2 Å². The lowest BCUT2D eigenvalue weighted by Crippen LogP contribution is -2.48. The summed E-state index contributed by atoms with van der Waals surface area (Å²) in [5.74, 6) is -0.474. The van der Waals surface area contributed by atoms with Gasteiger partial charge < -0.3 is 14.9 Å². The number of nitrogens with one attached hydrogen (secondary N) is 1. The van der Waals surface area contributed by atoms with Crippen molar-refractivity contribution in [3.8, 4) is 0 Å². The largest absolute Gasteiger partial charge is 0.465 e. The summed E-state index contributed by atoms with van der Waals surface area (Å²) in [7, 11) is -2.67. The fourth-order valence-electron chi connectivity index (χ4n) is 1.36. The summed E-state index contributed by atoms with van der Waals surface area (Å²) in [5, 5.41) is -0.341. The Bertz CT molecular complexity index is 580. The minimum atomic E-state index is -3.88. The molecule has 0 aliphatic rings. The average Bonchev–Trinajstić information content (AvgIpc) is 2.70. The maximum absolute atomic E-state index is 12.1. The minimum Gasteiger partial charge on any atom is -0.465 e. The number of halogens is 1. The van der Waals surface area contributed by atoms with Gasteiger partial charge in [0.15, 0.2) is 0 Å². The number of methoxy groups -OCH3 is 1. The molecule has 0 bridgehead atoms. The summed E-state index contributed by atoms with van der Waals surface area (Å²) in [6, 6.07) is 1.14. The van der Waals surface area contributed by atoms with Crippen LogP contribution in [0.3, 0.4) is 0 Å². The number of hydrogen-bond acceptors (Lipinski definition) is 6. The minimum absolute atomic E-state index is 0. The van der Waals surface area contributed by atoms with E-state index in [-0.39, 0.29) is 35.4 Å². The zero-order valence-electron chi connectivity index (χ0n) is 11.7. The molecule has 0 radical (unpaired) electrons. The predicted octanol–water partition coefficient (Wildman–Crippen LogP) is 0.812. The van der Waals surface area contributed by atoms with Gasteiger partial charge in [0.1, 0.15) is 11.3 Å². The van der Waals surface area contributed by atoms with E-state index >= 15 is 0 Å². The normalized spacial score (nSPS) is 11.8. The molecule has 1 aromatic heterocycles. The van der Waals surface area contributed by atoms with Gasteiger partial charge in [0.2, 0.25) is 5.09 Å². The predicted molar refractivity (Wildman–Crippen MR) is 75.5 cm³/mol. The first-order valence-electron chi connectivity index (χ1n) is 5.56. The molecule has 0 amide bonds. The molecule has 20 heavy (non-hydrogen) atoms. The topological polar surface area (TPSA) is 112 Å². The first-order valence-corrected chi connectivity index (χ1v) is 7.04. The van der Waals surface area contributed by atoms with E-state index in [1.807, 2.05) is 0 Å². The van der Waals surface area contributed by atoms with Crippen LogP contribution in [0.4, 0.5) is 0 Å². The number of esters is 1. The van der Waals surface area contributed by atoms with Crippen LogP contribution in [0, 0.1) is 6.92 Å². The Balaban J connectivity index is 0.00000361. The quantitative estimate of drug-likeness (QED) is 0.774. The third-order valence-corrected chi connectivity index (χ3v) is 4.04. The molecule has 1 rings (SSSR count). The Morgan fingerprint density at radius 2 is 2.05 bits per heavy atom. The van der Waals surface area contributed by atoms with Gasteiger partial charge in [0, 0.05) is 18.2 Å². The van der Waals surface area contributed by atoms with E-state index in [1.54, 1.807) is 13.8 Å². The molecule has 1 aromatic rings. The summed E-state index contributed by atoms with van der Waals surface area (Å²) in [4.78, 5) is 11.4. The van der Waals surface area contributed by atoms with Crippen LogP contribution in [0.2, 0.25) is 0 Å². The molecular formula is C11H19ClN2O5S.